The molecule has 5 rings (SSSR count). The molecule has 3 aromatic heterocycles. The number of sulfonamides is 1. The van der Waals surface area contributed by atoms with Gasteiger partial charge in [0.1, 0.15) is 22.0 Å². The van der Waals surface area contributed by atoms with E-state index in [0.29, 0.717) is 36.1 Å². The lowest BCUT2D eigenvalue weighted by Crippen LogP contribution is -2.35. The Hall–Kier alpha value is -2.79. The van der Waals surface area contributed by atoms with Crippen LogP contribution < -0.4 is 0 Å². The largest absolute Gasteiger partial charge is 0.364 e. The van der Waals surface area contributed by atoms with Crippen LogP contribution in [0.1, 0.15) is 17.8 Å². The van der Waals surface area contributed by atoms with Gasteiger partial charge >= 0.3 is 0 Å². The number of thiophene rings is 1. The molecule has 172 valence electrons. The van der Waals surface area contributed by atoms with Crippen molar-refractivity contribution in [3.8, 4) is 10.6 Å². The van der Waals surface area contributed by atoms with Gasteiger partial charge in [-0.25, -0.2) is 13.4 Å². The smallest absolute Gasteiger partial charge is 0.252 e. The molecule has 0 saturated carbocycles. The van der Waals surface area contributed by atoms with E-state index in [9.17, 15) is 8.42 Å². The third-order valence-corrected chi connectivity index (χ3v) is 9.25. The van der Waals surface area contributed by atoms with E-state index < -0.39 is 10.0 Å². The quantitative estimate of drug-likeness (QED) is 0.400. The van der Waals surface area contributed by atoms with E-state index in [0.717, 1.165) is 30.2 Å². The summed E-state index contributed by atoms with van der Waals surface area (Å²) in [7, 11) is -3.54. The van der Waals surface area contributed by atoms with Gasteiger partial charge in [0.25, 0.3) is 10.0 Å². The van der Waals surface area contributed by atoms with E-state index in [-0.39, 0.29) is 0 Å². The molecule has 1 aliphatic rings. The Balaban J connectivity index is 1.24. The summed E-state index contributed by atoms with van der Waals surface area (Å²) in [6.07, 6.45) is 6.09. The zero-order valence-corrected chi connectivity index (χ0v) is 19.7. The minimum absolute atomic E-state index is 0.340. The molecule has 33 heavy (non-hydrogen) atoms. The van der Waals surface area contributed by atoms with E-state index in [1.807, 2.05) is 30.6 Å². The average molecular weight is 484 g/mol. The predicted molar refractivity (Wildman–Crippen MR) is 126 cm³/mol. The first-order valence-corrected chi connectivity index (χ1v) is 13.1. The highest BCUT2D eigenvalue weighted by molar-refractivity contribution is 7.91. The van der Waals surface area contributed by atoms with Crippen LogP contribution in [0, 0.1) is 0 Å². The standard InChI is InChI=1S/C23H25N5O3S2/c29-33(30,23-8-7-21(32-23)20-9-16-31-25-20)28-12-4-11-26(14-15-28)18-22-24-10-13-27(22)17-19-5-2-1-3-6-19/h1-3,5-10,13,16H,4,11-12,14-15,17-18H2. The van der Waals surface area contributed by atoms with Crippen LogP contribution in [0.15, 0.2) is 75.9 Å². The van der Waals surface area contributed by atoms with Crippen molar-refractivity contribution in [2.24, 2.45) is 0 Å². The Morgan fingerprint density at radius 1 is 0.970 bits per heavy atom. The Kier molecular flexibility index (Phi) is 6.41. The topological polar surface area (TPSA) is 84.5 Å². The van der Waals surface area contributed by atoms with Crippen molar-refractivity contribution >= 4 is 21.4 Å². The van der Waals surface area contributed by atoms with Crippen molar-refractivity contribution < 1.29 is 12.9 Å². The maximum Gasteiger partial charge on any atom is 0.252 e. The second-order valence-electron chi connectivity index (χ2n) is 7.99. The molecule has 0 spiro atoms. The third-order valence-electron chi connectivity index (χ3n) is 5.78. The van der Waals surface area contributed by atoms with Crippen molar-refractivity contribution in [3.05, 3.63) is 78.6 Å². The van der Waals surface area contributed by atoms with Crippen LogP contribution in [0.5, 0.6) is 0 Å². The van der Waals surface area contributed by atoms with Crippen molar-refractivity contribution in [2.45, 2.75) is 23.7 Å². The molecule has 0 radical (unpaired) electrons. The first-order chi connectivity index (χ1) is 16.1. The predicted octanol–water partition coefficient (Wildman–Crippen LogP) is 3.54. The lowest BCUT2D eigenvalue weighted by atomic mass is 10.2. The summed E-state index contributed by atoms with van der Waals surface area (Å²) in [4.78, 5) is 7.62. The first kappa shape index (κ1) is 22.0. The normalized spacial score (nSPS) is 16.1. The molecule has 1 saturated heterocycles. The second-order valence-corrected chi connectivity index (χ2v) is 11.2. The van der Waals surface area contributed by atoms with Crippen molar-refractivity contribution in [1.29, 1.82) is 0 Å². The molecule has 8 nitrogen and oxygen atoms in total. The zero-order chi connectivity index (χ0) is 22.7. The van der Waals surface area contributed by atoms with Crippen LogP contribution in [0.2, 0.25) is 0 Å². The Morgan fingerprint density at radius 3 is 2.67 bits per heavy atom. The van der Waals surface area contributed by atoms with Crippen LogP contribution in [0.4, 0.5) is 0 Å². The molecule has 1 fully saturated rings. The molecular formula is C23H25N5O3S2. The lowest BCUT2D eigenvalue weighted by Gasteiger charge is -2.21. The molecule has 0 aliphatic carbocycles. The average Bonchev–Trinajstić information content (AvgIpc) is 3.56. The summed E-state index contributed by atoms with van der Waals surface area (Å²) in [6, 6.07) is 15.5. The van der Waals surface area contributed by atoms with E-state index in [1.165, 1.54) is 23.2 Å². The number of nitrogens with zero attached hydrogens (tertiary/aromatic N) is 5. The number of aromatic nitrogens is 3. The first-order valence-electron chi connectivity index (χ1n) is 10.9. The maximum atomic E-state index is 13.3. The lowest BCUT2D eigenvalue weighted by molar-refractivity contribution is 0.268. The van der Waals surface area contributed by atoms with Gasteiger partial charge in [-0.3, -0.25) is 4.90 Å². The van der Waals surface area contributed by atoms with Crippen LogP contribution in [0.3, 0.4) is 0 Å². The number of hydrogen-bond acceptors (Lipinski definition) is 7. The molecule has 1 aromatic carbocycles. The second kappa shape index (κ2) is 9.60. The van der Waals surface area contributed by atoms with Gasteiger partial charge < -0.3 is 9.09 Å². The van der Waals surface area contributed by atoms with Gasteiger partial charge in [0.05, 0.1) is 11.4 Å². The summed E-state index contributed by atoms with van der Waals surface area (Å²) in [5.74, 6) is 0.991. The molecule has 0 N–H and O–H groups in total. The van der Waals surface area contributed by atoms with Gasteiger partial charge in [-0.05, 0) is 30.7 Å². The fourth-order valence-electron chi connectivity index (χ4n) is 4.02. The minimum atomic E-state index is -3.54. The van der Waals surface area contributed by atoms with Crippen LogP contribution in [-0.4, -0.2) is 58.5 Å². The van der Waals surface area contributed by atoms with E-state index >= 15 is 0 Å². The molecule has 0 unspecified atom stereocenters. The highest BCUT2D eigenvalue weighted by Crippen LogP contribution is 2.31. The molecule has 4 aromatic rings. The SMILES string of the molecule is O=S(=O)(c1ccc(-c2ccon2)s1)N1CCCN(Cc2nccn2Cc2ccccc2)CC1. The van der Waals surface area contributed by atoms with E-state index in [1.54, 1.807) is 22.5 Å². The summed E-state index contributed by atoms with van der Waals surface area (Å²) < 4.78 is 35.5. The minimum Gasteiger partial charge on any atom is -0.364 e. The fourth-order valence-corrected chi connectivity index (χ4v) is 6.92. The Bertz CT molecular complexity index is 1280. The molecule has 1 aliphatic heterocycles. The molecule has 0 atom stereocenters. The summed E-state index contributed by atoms with van der Waals surface area (Å²) in [5.41, 5.74) is 1.88. The van der Waals surface area contributed by atoms with E-state index in [2.05, 4.69) is 31.7 Å². The van der Waals surface area contributed by atoms with Gasteiger partial charge in [0.15, 0.2) is 0 Å². The number of benzene rings is 1. The van der Waals surface area contributed by atoms with E-state index in [4.69, 9.17) is 4.52 Å². The maximum absolute atomic E-state index is 13.3. The zero-order valence-electron chi connectivity index (χ0n) is 18.1. The highest BCUT2D eigenvalue weighted by Gasteiger charge is 2.29. The fraction of sp³-hybridized carbons (Fsp3) is 0.304. The molecular weight excluding hydrogens is 458 g/mol. The Labute approximate surface area is 197 Å². The van der Waals surface area contributed by atoms with Gasteiger partial charge in [0.2, 0.25) is 0 Å². The van der Waals surface area contributed by atoms with Crippen molar-refractivity contribution in [3.63, 3.8) is 0 Å². The van der Waals surface area contributed by atoms with Gasteiger partial charge in [0, 0.05) is 44.6 Å². The number of hydrogen-bond donors (Lipinski definition) is 0. The molecule has 10 heteroatoms. The third kappa shape index (κ3) is 4.93. The van der Waals surface area contributed by atoms with Crippen LogP contribution >= 0.6 is 11.3 Å². The van der Waals surface area contributed by atoms with Crippen molar-refractivity contribution in [2.75, 3.05) is 26.2 Å². The number of rotatable bonds is 7. The summed E-state index contributed by atoms with van der Waals surface area (Å²) in [5, 5.41) is 3.90. The van der Waals surface area contributed by atoms with Gasteiger partial charge in [-0.15, -0.1) is 11.3 Å². The van der Waals surface area contributed by atoms with Crippen molar-refractivity contribution in [1.82, 2.24) is 23.9 Å². The number of imidazole rings is 1. The van der Waals surface area contributed by atoms with Gasteiger partial charge in [-0.1, -0.05) is 35.5 Å². The molecule has 0 amide bonds. The van der Waals surface area contributed by atoms with Crippen LogP contribution in [0.25, 0.3) is 10.6 Å². The van der Waals surface area contributed by atoms with Crippen LogP contribution in [-0.2, 0) is 23.1 Å². The Morgan fingerprint density at radius 2 is 1.85 bits per heavy atom. The molecule has 4 heterocycles. The molecule has 0 bridgehead atoms. The summed E-state index contributed by atoms with van der Waals surface area (Å²) >= 11 is 1.23. The monoisotopic (exact) mass is 483 g/mol. The highest BCUT2D eigenvalue weighted by atomic mass is 32.2. The van der Waals surface area contributed by atoms with Gasteiger partial charge in [-0.2, -0.15) is 4.31 Å². The summed E-state index contributed by atoms with van der Waals surface area (Å²) in [6.45, 7) is 3.94.